The van der Waals surface area contributed by atoms with E-state index in [0.29, 0.717) is 6.42 Å². The summed E-state index contributed by atoms with van der Waals surface area (Å²) in [4.78, 5) is 24.0. The minimum Gasteiger partial charge on any atom is -0.493 e. The number of ketones is 1. The molecule has 0 spiro atoms. The van der Waals surface area contributed by atoms with Gasteiger partial charge >= 0.3 is 6.18 Å². The van der Waals surface area contributed by atoms with Crippen molar-refractivity contribution in [3.63, 3.8) is 0 Å². The highest BCUT2D eigenvalue weighted by Crippen LogP contribution is 2.42. The van der Waals surface area contributed by atoms with Gasteiger partial charge in [-0.2, -0.15) is 13.2 Å². The van der Waals surface area contributed by atoms with E-state index in [1.807, 2.05) is 0 Å². The Morgan fingerprint density at radius 2 is 1.97 bits per heavy atom. The second-order valence-electron chi connectivity index (χ2n) is 8.28. The number of aliphatic hydroxyl groups is 1. The lowest BCUT2D eigenvalue weighted by atomic mass is 9.82. The molecule has 1 N–H and O–H groups in total. The predicted molar refractivity (Wildman–Crippen MR) is 119 cm³/mol. The summed E-state index contributed by atoms with van der Waals surface area (Å²) in [6.45, 7) is 3.15. The summed E-state index contributed by atoms with van der Waals surface area (Å²) in [5, 5.41) is 10.8. The van der Waals surface area contributed by atoms with Crippen molar-refractivity contribution in [2.45, 2.75) is 57.2 Å². The van der Waals surface area contributed by atoms with Gasteiger partial charge in [0, 0.05) is 11.8 Å². The number of allylic oxidation sites excluding steroid dienone is 1. The number of methoxy groups -OCH3 is 1. The van der Waals surface area contributed by atoms with Crippen LogP contribution in [0.1, 0.15) is 66.0 Å². The van der Waals surface area contributed by atoms with Gasteiger partial charge in [0.25, 0.3) is 0 Å². The molecule has 11 heteroatoms. The Kier molecular flexibility index (Phi) is 7.68. The number of halogens is 5. The van der Waals surface area contributed by atoms with Crippen molar-refractivity contribution < 1.29 is 36.6 Å². The molecule has 188 valence electrons. The summed E-state index contributed by atoms with van der Waals surface area (Å²) >= 11 is 0. The monoisotopic (exact) mass is 497 g/mol. The van der Waals surface area contributed by atoms with Crippen LogP contribution in [0.15, 0.2) is 29.0 Å². The summed E-state index contributed by atoms with van der Waals surface area (Å²) in [5.74, 6) is -3.71. The molecule has 0 fully saturated rings. The molecular weight excluding hydrogens is 473 g/mol. The quantitative estimate of drug-likeness (QED) is 0.368. The van der Waals surface area contributed by atoms with Gasteiger partial charge in [-0.3, -0.25) is 4.79 Å². The van der Waals surface area contributed by atoms with Gasteiger partial charge in [0.05, 0.1) is 24.8 Å². The van der Waals surface area contributed by atoms with Crippen LogP contribution in [0.4, 0.5) is 27.8 Å². The number of ether oxygens (including phenoxy) is 1. The SMILES string of the molecule is CCCC(CC(O)(C=Nc1nc(C)nc2c1C(=O)CC(F)=C2)C(F)(F)F)c1cccc(F)c1OC. The number of aromatic nitrogens is 2. The average Bonchev–Trinajstić information content (AvgIpc) is 2.75. The molecule has 0 aliphatic heterocycles. The molecular formula is C24H24F5N3O3. The second-order valence-corrected chi connectivity index (χ2v) is 8.28. The number of para-hydroxylation sites is 1. The summed E-state index contributed by atoms with van der Waals surface area (Å²) in [6.07, 6.45) is -4.73. The summed E-state index contributed by atoms with van der Waals surface area (Å²) in [5.41, 5.74) is -3.59. The number of aliphatic imine (C=N–C) groups is 1. The summed E-state index contributed by atoms with van der Waals surface area (Å²) in [7, 11) is 1.21. The number of fused-ring (bicyclic) bond motifs is 1. The number of rotatable bonds is 8. The third-order valence-electron chi connectivity index (χ3n) is 5.66. The van der Waals surface area contributed by atoms with E-state index in [1.165, 1.54) is 26.2 Å². The maximum atomic E-state index is 14.2. The number of alkyl halides is 3. The third-order valence-corrected chi connectivity index (χ3v) is 5.66. The Labute approximate surface area is 198 Å². The zero-order valence-corrected chi connectivity index (χ0v) is 19.3. The Morgan fingerprint density at radius 3 is 2.60 bits per heavy atom. The van der Waals surface area contributed by atoms with Crippen LogP contribution in [0.3, 0.4) is 0 Å². The lowest BCUT2D eigenvalue weighted by molar-refractivity contribution is -0.232. The molecule has 1 heterocycles. The molecule has 2 atom stereocenters. The van der Waals surface area contributed by atoms with E-state index in [0.717, 1.165) is 12.1 Å². The molecule has 35 heavy (non-hydrogen) atoms. The molecule has 1 aliphatic rings. The van der Waals surface area contributed by atoms with E-state index in [4.69, 9.17) is 4.74 Å². The number of carbonyl (C=O) groups is 1. The maximum Gasteiger partial charge on any atom is 0.422 e. The Bertz CT molecular complexity index is 1180. The molecule has 2 unspecified atom stereocenters. The van der Waals surface area contributed by atoms with Crippen LogP contribution in [0.25, 0.3) is 6.08 Å². The van der Waals surface area contributed by atoms with Gasteiger partial charge in [-0.15, -0.1) is 0 Å². The van der Waals surface area contributed by atoms with Crippen LogP contribution in [-0.4, -0.2) is 46.0 Å². The molecule has 1 aliphatic carbocycles. The fourth-order valence-corrected chi connectivity index (χ4v) is 4.05. The number of hydrogen-bond donors (Lipinski definition) is 1. The first kappa shape index (κ1) is 26.4. The second kappa shape index (κ2) is 10.2. The maximum absolute atomic E-state index is 14.2. The van der Waals surface area contributed by atoms with Crippen molar-refractivity contribution in [3.05, 3.63) is 52.5 Å². The van der Waals surface area contributed by atoms with Crippen molar-refractivity contribution in [1.82, 2.24) is 9.97 Å². The standard InChI is InChI=1S/C24H24F5N3O3/c1-4-6-14(16-7-5-8-17(26)21(16)35-3)11-23(34,24(27,28)29)12-30-22-20-18(31-13(2)32-22)9-15(25)10-19(20)33/h5,7-9,12,14,34H,4,6,10-11H2,1-3H3. The Balaban J connectivity index is 2.07. The van der Waals surface area contributed by atoms with Crippen molar-refractivity contribution in [2.24, 2.45) is 4.99 Å². The Hall–Kier alpha value is -3.21. The number of nitrogens with zero attached hydrogens (tertiary/aromatic N) is 3. The van der Waals surface area contributed by atoms with Crippen LogP contribution in [0.2, 0.25) is 0 Å². The normalized spacial score (nSPS) is 16.6. The van der Waals surface area contributed by atoms with Gasteiger partial charge < -0.3 is 9.84 Å². The van der Waals surface area contributed by atoms with E-state index in [9.17, 15) is 31.9 Å². The van der Waals surface area contributed by atoms with Crippen molar-refractivity contribution in [1.29, 1.82) is 0 Å². The first-order valence-corrected chi connectivity index (χ1v) is 10.8. The molecule has 0 saturated carbocycles. The van der Waals surface area contributed by atoms with Crippen LogP contribution < -0.4 is 4.74 Å². The Morgan fingerprint density at radius 1 is 1.26 bits per heavy atom. The average molecular weight is 497 g/mol. The summed E-state index contributed by atoms with van der Waals surface area (Å²) < 4.78 is 75.4. The highest BCUT2D eigenvalue weighted by atomic mass is 19.4. The highest BCUT2D eigenvalue weighted by Gasteiger charge is 2.54. The van der Waals surface area contributed by atoms with Crippen LogP contribution in [0, 0.1) is 12.7 Å². The molecule has 0 saturated heterocycles. The predicted octanol–water partition coefficient (Wildman–Crippen LogP) is 5.80. The number of hydrogen-bond acceptors (Lipinski definition) is 6. The molecule has 0 radical (unpaired) electrons. The highest BCUT2D eigenvalue weighted by molar-refractivity contribution is 6.06. The van der Waals surface area contributed by atoms with Crippen molar-refractivity contribution in [3.8, 4) is 5.75 Å². The van der Waals surface area contributed by atoms with Crippen LogP contribution >= 0.6 is 0 Å². The molecule has 6 nitrogen and oxygen atoms in total. The smallest absolute Gasteiger partial charge is 0.422 e. The first-order chi connectivity index (χ1) is 16.4. The summed E-state index contributed by atoms with van der Waals surface area (Å²) in [6, 6.07) is 3.92. The number of benzene rings is 1. The number of aryl methyl sites for hydroxylation is 1. The molecule has 0 bridgehead atoms. The van der Waals surface area contributed by atoms with Crippen molar-refractivity contribution >= 4 is 23.9 Å². The minimum absolute atomic E-state index is 0.0542. The zero-order valence-electron chi connectivity index (χ0n) is 19.3. The number of Topliss-reactive ketones (excluding diaryl/α,β-unsaturated/α-hetero) is 1. The van der Waals surface area contributed by atoms with Crippen LogP contribution in [-0.2, 0) is 0 Å². The largest absolute Gasteiger partial charge is 0.493 e. The van der Waals surface area contributed by atoms with Gasteiger partial charge in [0.15, 0.2) is 28.8 Å². The number of carbonyl (C=O) groups excluding carboxylic acids is 1. The fraction of sp³-hybridized carbons (Fsp3) is 0.417. The van der Waals surface area contributed by atoms with E-state index in [-0.39, 0.29) is 41.0 Å². The van der Waals surface area contributed by atoms with Crippen molar-refractivity contribution in [2.75, 3.05) is 7.11 Å². The van der Waals surface area contributed by atoms with Gasteiger partial charge in [0.1, 0.15) is 11.7 Å². The molecule has 0 amide bonds. The van der Waals surface area contributed by atoms with Gasteiger partial charge in [-0.05, 0) is 37.8 Å². The topological polar surface area (TPSA) is 84.7 Å². The molecule has 2 aromatic rings. The first-order valence-electron chi connectivity index (χ1n) is 10.8. The lowest BCUT2D eigenvalue weighted by Crippen LogP contribution is -2.48. The fourth-order valence-electron chi connectivity index (χ4n) is 4.05. The molecule has 3 rings (SSSR count). The van der Waals surface area contributed by atoms with E-state index in [2.05, 4.69) is 15.0 Å². The van der Waals surface area contributed by atoms with Gasteiger partial charge in [-0.1, -0.05) is 25.5 Å². The lowest BCUT2D eigenvalue weighted by Gasteiger charge is -2.31. The van der Waals surface area contributed by atoms with Gasteiger partial charge in [-0.25, -0.2) is 23.7 Å². The third kappa shape index (κ3) is 5.55. The zero-order chi connectivity index (χ0) is 26.0. The van der Waals surface area contributed by atoms with E-state index < -0.39 is 53.8 Å². The minimum atomic E-state index is -5.17. The molecule has 1 aromatic heterocycles. The van der Waals surface area contributed by atoms with E-state index >= 15 is 0 Å². The van der Waals surface area contributed by atoms with E-state index in [1.54, 1.807) is 6.92 Å². The molecule has 1 aromatic carbocycles. The van der Waals surface area contributed by atoms with Crippen LogP contribution in [0.5, 0.6) is 5.75 Å². The van der Waals surface area contributed by atoms with Gasteiger partial charge in [0.2, 0.25) is 0 Å².